The Morgan fingerprint density at radius 3 is 2.67 bits per heavy atom. The van der Waals surface area contributed by atoms with Gasteiger partial charge < -0.3 is 10.2 Å². The lowest BCUT2D eigenvalue weighted by atomic mass is 9.85. The fourth-order valence-corrected chi connectivity index (χ4v) is 3.79. The molecule has 1 saturated heterocycles. The molecule has 0 aromatic heterocycles. The van der Waals surface area contributed by atoms with Gasteiger partial charge in [0.1, 0.15) is 0 Å². The molecule has 0 aromatic rings. The van der Waals surface area contributed by atoms with E-state index in [2.05, 4.69) is 31.0 Å². The van der Waals surface area contributed by atoms with Gasteiger partial charge in [-0.1, -0.05) is 40.0 Å². The zero-order valence-corrected chi connectivity index (χ0v) is 12.6. The lowest BCUT2D eigenvalue weighted by Gasteiger charge is -2.27. The standard InChI is InChI=1S/C16H32N2/c1-4-13(3)11-18(5-2)12-15-10-14-8-6-7-9-16(14)17-15/h13-17H,4-12H2,1-3H3. The van der Waals surface area contributed by atoms with Crippen molar-refractivity contribution in [3.63, 3.8) is 0 Å². The molecule has 2 rings (SSSR count). The first-order chi connectivity index (χ1) is 8.72. The molecule has 1 heterocycles. The van der Waals surface area contributed by atoms with Crippen LogP contribution < -0.4 is 5.32 Å². The maximum atomic E-state index is 3.91. The fraction of sp³-hybridized carbons (Fsp3) is 1.00. The second-order valence-electron chi connectivity index (χ2n) is 6.62. The highest BCUT2D eigenvalue weighted by molar-refractivity contribution is 4.93. The summed E-state index contributed by atoms with van der Waals surface area (Å²) < 4.78 is 0. The second-order valence-corrected chi connectivity index (χ2v) is 6.62. The molecule has 1 aliphatic heterocycles. The maximum Gasteiger partial charge on any atom is 0.0200 e. The van der Waals surface area contributed by atoms with Crippen LogP contribution in [0.1, 0.15) is 59.3 Å². The number of nitrogens with one attached hydrogen (secondary N) is 1. The van der Waals surface area contributed by atoms with Crippen LogP contribution in [0.15, 0.2) is 0 Å². The van der Waals surface area contributed by atoms with E-state index < -0.39 is 0 Å². The Labute approximate surface area is 114 Å². The smallest absolute Gasteiger partial charge is 0.0200 e. The SMILES string of the molecule is CCC(C)CN(CC)CC1CC2CCCCC2N1. The summed E-state index contributed by atoms with van der Waals surface area (Å²) >= 11 is 0. The van der Waals surface area contributed by atoms with Crippen molar-refractivity contribution in [1.29, 1.82) is 0 Å². The van der Waals surface area contributed by atoms with Crippen LogP contribution in [0.25, 0.3) is 0 Å². The third-order valence-corrected chi connectivity index (χ3v) is 5.14. The lowest BCUT2D eigenvalue weighted by Crippen LogP contribution is -2.41. The molecule has 1 N–H and O–H groups in total. The third kappa shape index (κ3) is 3.71. The first-order valence-electron chi connectivity index (χ1n) is 8.21. The van der Waals surface area contributed by atoms with Crippen LogP contribution in [0.3, 0.4) is 0 Å². The molecule has 2 nitrogen and oxygen atoms in total. The Bertz CT molecular complexity index is 227. The van der Waals surface area contributed by atoms with Gasteiger partial charge in [-0.15, -0.1) is 0 Å². The van der Waals surface area contributed by atoms with Gasteiger partial charge >= 0.3 is 0 Å². The van der Waals surface area contributed by atoms with E-state index >= 15 is 0 Å². The van der Waals surface area contributed by atoms with Gasteiger partial charge in [-0.05, 0) is 37.6 Å². The van der Waals surface area contributed by atoms with E-state index in [0.717, 1.165) is 23.9 Å². The van der Waals surface area contributed by atoms with Gasteiger partial charge in [-0.2, -0.15) is 0 Å². The summed E-state index contributed by atoms with van der Waals surface area (Å²) in [6.07, 6.45) is 8.57. The van der Waals surface area contributed by atoms with E-state index in [4.69, 9.17) is 0 Å². The highest BCUT2D eigenvalue weighted by Gasteiger charge is 2.35. The molecule has 4 atom stereocenters. The molecular formula is C16H32N2. The Kier molecular flexibility index (Phi) is 5.50. The number of likely N-dealkylation sites (N-methyl/N-ethyl adjacent to an activating group) is 1. The Balaban J connectivity index is 1.78. The van der Waals surface area contributed by atoms with E-state index in [1.807, 2.05) is 0 Å². The summed E-state index contributed by atoms with van der Waals surface area (Å²) in [6, 6.07) is 1.62. The van der Waals surface area contributed by atoms with Crippen LogP contribution >= 0.6 is 0 Å². The van der Waals surface area contributed by atoms with Crippen molar-refractivity contribution >= 4 is 0 Å². The topological polar surface area (TPSA) is 15.3 Å². The minimum Gasteiger partial charge on any atom is -0.310 e. The van der Waals surface area contributed by atoms with Gasteiger partial charge in [-0.25, -0.2) is 0 Å². The van der Waals surface area contributed by atoms with Gasteiger partial charge in [0.05, 0.1) is 0 Å². The van der Waals surface area contributed by atoms with E-state index in [0.29, 0.717) is 0 Å². The summed E-state index contributed by atoms with van der Waals surface area (Å²) in [5.74, 6) is 1.83. The predicted molar refractivity (Wildman–Crippen MR) is 78.9 cm³/mol. The van der Waals surface area contributed by atoms with Crippen LogP contribution in [-0.4, -0.2) is 36.6 Å². The minimum absolute atomic E-state index is 0.766. The summed E-state index contributed by atoms with van der Waals surface area (Å²) in [7, 11) is 0. The van der Waals surface area contributed by atoms with Crippen LogP contribution in [0.5, 0.6) is 0 Å². The van der Waals surface area contributed by atoms with Gasteiger partial charge in [-0.3, -0.25) is 0 Å². The van der Waals surface area contributed by atoms with Crippen LogP contribution in [0.4, 0.5) is 0 Å². The molecule has 0 spiro atoms. The average molecular weight is 252 g/mol. The molecule has 0 aromatic carbocycles. The normalized spacial score (nSPS) is 33.7. The Morgan fingerprint density at radius 1 is 1.22 bits per heavy atom. The molecule has 1 aliphatic carbocycles. The zero-order chi connectivity index (χ0) is 13.0. The molecule has 2 heteroatoms. The van der Waals surface area contributed by atoms with Crippen molar-refractivity contribution < 1.29 is 0 Å². The molecule has 2 fully saturated rings. The minimum atomic E-state index is 0.766. The van der Waals surface area contributed by atoms with E-state index in [1.54, 1.807) is 0 Å². The number of fused-ring (bicyclic) bond motifs is 1. The van der Waals surface area contributed by atoms with E-state index in [9.17, 15) is 0 Å². The summed E-state index contributed by atoms with van der Waals surface area (Å²) in [5, 5.41) is 3.91. The number of hydrogen-bond donors (Lipinski definition) is 1. The molecule has 18 heavy (non-hydrogen) atoms. The molecule has 2 aliphatic rings. The van der Waals surface area contributed by atoms with E-state index in [1.165, 1.54) is 58.2 Å². The Morgan fingerprint density at radius 2 is 2.00 bits per heavy atom. The van der Waals surface area contributed by atoms with Crippen molar-refractivity contribution in [3.8, 4) is 0 Å². The summed E-state index contributed by atoms with van der Waals surface area (Å²) in [5.41, 5.74) is 0. The van der Waals surface area contributed by atoms with Gasteiger partial charge in [0.25, 0.3) is 0 Å². The molecular weight excluding hydrogens is 220 g/mol. The second kappa shape index (κ2) is 6.91. The van der Waals surface area contributed by atoms with Crippen molar-refractivity contribution in [1.82, 2.24) is 10.2 Å². The molecule has 1 saturated carbocycles. The number of rotatable bonds is 6. The van der Waals surface area contributed by atoms with Gasteiger partial charge in [0.15, 0.2) is 0 Å². The number of nitrogens with zero attached hydrogens (tertiary/aromatic N) is 1. The number of hydrogen-bond acceptors (Lipinski definition) is 2. The molecule has 0 bridgehead atoms. The van der Waals surface area contributed by atoms with Crippen molar-refractivity contribution in [3.05, 3.63) is 0 Å². The molecule has 0 radical (unpaired) electrons. The van der Waals surface area contributed by atoms with Crippen molar-refractivity contribution in [2.75, 3.05) is 19.6 Å². The van der Waals surface area contributed by atoms with Crippen LogP contribution in [-0.2, 0) is 0 Å². The first kappa shape index (κ1) is 14.3. The summed E-state index contributed by atoms with van der Waals surface area (Å²) in [4.78, 5) is 2.66. The van der Waals surface area contributed by atoms with Gasteiger partial charge in [0, 0.05) is 25.2 Å². The molecule has 4 unspecified atom stereocenters. The largest absolute Gasteiger partial charge is 0.310 e. The van der Waals surface area contributed by atoms with Crippen molar-refractivity contribution in [2.24, 2.45) is 11.8 Å². The Hall–Kier alpha value is -0.0800. The van der Waals surface area contributed by atoms with Gasteiger partial charge in [0.2, 0.25) is 0 Å². The highest BCUT2D eigenvalue weighted by atomic mass is 15.2. The van der Waals surface area contributed by atoms with Crippen LogP contribution in [0.2, 0.25) is 0 Å². The zero-order valence-electron chi connectivity index (χ0n) is 12.6. The summed E-state index contributed by atoms with van der Waals surface area (Å²) in [6.45, 7) is 10.8. The molecule has 0 amide bonds. The maximum absolute atomic E-state index is 3.91. The monoisotopic (exact) mass is 252 g/mol. The highest BCUT2D eigenvalue weighted by Crippen LogP contribution is 2.33. The quantitative estimate of drug-likeness (QED) is 0.780. The van der Waals surface area contributed by atoms with Crippen molar-refractivity contribution in [2.45, 2.75) is 71.4 Å². The fourth-order valence-electron chi connectivity index (χ4n) is 3.79. The lowest BCUT2D eigenvalue weighted by molar-refractivity contribution is 0.224. The van der Waals surface area contributed by atoms with Crippen LogP contribution in [0, 0.1) is 11.8 Å². The predicted octanol–water partition coefficient (Wildman–Crippen LogP) is 3.28. The first-order valence-corrected chi connectivity index (χ1v) is 8.21. The average Bonchev–Trinajstić information content (AvgIpc) is 2.79. The molecule has 106 valence electrons. The third-order valence-electron chi connectivity index (χ3n) is 5.14. The van der Waals surface area contributed by atoms with E-state index in [-0.39, 0.29) is 0 Å².